The highest BCUT2D eigenvalue weighted by Gasteiger charge is 2.29. The van der Waals surface area contributed by atoms with Crippen molar-refractivity contribution >= 4 is 27.4 Å². The van der Waals surface area contributed by atoms with Crippen LogP contribution >= 0.6 is 0 Å². The summed E-state index contributed by atoms with van der Waals surface area (Å²) in [5, 5.41) is 2.38. The quantitative estimate of drug-likeness (QED) is 0.129. The first-order valence-electron chi connectivity index (χ1n) is 21.1. The van der Waals surface area contributed by atoms with E-state index in [1.165, 1.54) is 33.0 Å². The zero-order valence-electron chi connectivity index (χ0n) is 34.5. The smallest absolute Gasteiger partial charge is 0.160 e. The van der Waals surface area contributed by atoms with Gasteiger partial charge in [-0.1, -0.05) is 213 Å². The van der Waals surface area contributed by atoms with Gasteiger partial charge < -0.3 is 4.57 Å². The molecule has 0 spiro atoms. The van der Waals surface area contributed by atoms with E-state index in [2.05, 4.69) is 217 Å². The molecule has 0 radical (unpaired) electrons. The van der Waals surface area contributed by atoms with Crippen LogP contribution < -0.4 is 0 Å². The minimum atomic E-state index is 0.653. The molecule has 0 unspecified atom stereocenters. The Labute approximate surface area is 363 Å². The Morgan fingerprint density at radius 3 is 1.56 bits per heavy atom. The van der Waals surface area contributed by atoms with E-state index in [9.17, 15) is 0 Å². The summed E-state index contributed by atoms with van der Waals surface area (Å²) < 4.78 is 2.47. The number of fused-ring (bicyclic) bond motifs is 3. The van der Waals surface area contributed by atoms with Crippen molar-refractivity contribution in [3.8, 4) is 72.8 Å². The molecule has 0 saturated heterocycles. The van der Waals surface area contributed by atoms with Crippen molar-refractivity contribution in [3.05, 3.63) is 243 Å². The SMILES string of the molecule is C=C/C=C\C(=C/C)c1cc(-c2ccccc2)nc(-c2cccc(-n3c4ccccc4c4c(-c5ccccc5)c(-c5ccccc5)c(-c5ccccc5)c(-c5ccccc5)c43)c2)n1. The van der Waals surface area contributed by atoms with Crippen LogP contribution in [0.15, 0.2) is 237 Å². The third-order valence-corrected chi connectivity index (χ3v) is 11.5. The molecule has 0 aliphatic carbocycles. The second-order valence-corrected chi connectivity index (χ2v) is 15.3. The molecule has 3 nitrogen and oxygen atoms in total. The van der Waals surface area contributed by atoms with E-state index < -0.39 is 0 Å². The van der Waals surface area contributed by atoms with Crippen LogP contribution in [0.4, 0.5) is 0 Å². The number of hydrogen-bond donors (Lipinski definition) is 0. The highest BCUT2D eigenvalue weighted by molar-refractivity contribution is 6.26. The summed E-state index contributed by atoms with van der Waals surface area (Å²) in [6.07, 6.45) is 7.87. The molecule has 3 heteroatoms. The van der Waals surface area contributed by atoms with Gasteiger partial charge in [0.2, 0.25) is 0 Å². The van der Waals surface area contributed by atoms with E-state index in [-0.39, 0.29) is 0 Å². The van der Waals surface area contributed by atoms with Crippen molar-refractivity contribution in [2.45, 2.75) is 6.92 Å². The minimum absolute atomic E-state index is 0.653. The van der Waals surface area contributed by atoms with Gasteiger partial charge in [-0.3, -0.25) is 0 Å². The van der Waals surface area contributed by atoms with Crippen molar-refractivity contribution in [3.63, 3.8) is 0 Å². The molecule has 2 heterocycles. The lowest BCUT2D eigenvalue weighted by Crippen LogP contribution is -2.02. The maximum absolute atomic E-state index is 5.24. The predicted molar refractivity (Wildman–Crippen MR) is 262 cm³/mol. The van der Waals surface area contributed by atoms with Crippen LogP contribution in [0.2, 0.25) is 0 Å². The number of allylic oxidation sites excluding steroid dienone is 5. The molecule has 2 aromatic heterocycles. The van der Waals surface area contributed by atoms with Crippen molar-refractivity contribution < 1.29 is 0 Å². The van der Waals surface area contributed by atoms with E-state index >= 15 is 0 Å². The summed E-state index contributed by atoms with van der Waals surface area (Å²) in [6, 6.07) is 73.6. The average Bonchev–Trinajstić information content (AvgIpc) is 3.69. The molecule has 62 heavy (non-hydrogen) atoms. The van der Waals surface area contributed by atoms with E-state index in [0.717, 1.165) is 67.1 Å². The molecule has 294 valence electrons. The molecule has 8 aromatic carbocycles. The van der Waals surface area contributed by atoms with Crippen LogP contribution in [-0.2, 0) is 0 Å². The normalized spacial score (nSPS) is 11.7. The zero-order valence-corrected chi connectivity index (χ0v) is 34.5. The Hall–Kier alpha value is -8.14. The Morgan fingerprint density at radius 2 is 0.984 bits per heavy atom. The van der Waals surface area contributed by atoms with E-state index in [1.54, 1.807) is 6.08 Å². The molecule has 0 aliphatic heterocycles. The summed E-state index contributed by atoms with van der Waals surface area (Å²) in [5.74, 6) is 0.653. The zero-order chi connectivity index (χ0) is 41.8. The molecule has 10 aromatic rings. The summed E-state index contributed by atoms with van der Waals surface area (Å²) in [4.78, 5) is 10.5. The first kappa shape index (κ1) is 38.1. The van der Waals surface area contributed by atoms with Crippen LogP contribution in [0, 0.1) is 0 Å². The van der Waals surface area contributed by atoms with Gasteiger partial charge in [0.25, 0.3) is 0 Å². The number of rotatable bonds is 10. The number of hydrogen-bond acceptors (Lipinski definition) is 2. The third kappa shape index (κ3) is 6.96. The lowest BCUT2D eigenvalue weighted by molar-refractivity contribution is 1.14. The van der Waals surface area contributed by atoms with Crippen molar-refractivity contribution in [1.29, 1.82) is 0 Å². The third-order valence-electron chi connectivity index (χ3n) is 11.5. The molecule has 0 aliphatic rings. The van der Waals surface area contributed by atoms with E-state index in [0.29, 0.717) is 5.82 Å². The monoisotopic (exact) mass is 793 g/mol. The largest absolute Gasteiger partial charge is 0.309 e. The topological polar surface area (TPSA) is 30.7 Å². The summed E-state index contributed by atoms with van der Waals surface area (Å²) in [5.41, 5.74) is 17.3. The number of benzene rings is 8. The van der Waals surface area contributed by atoms with Crippen LogP contribution in [0.3, 0.4) is 0 Å². The van der Waals surface area contributed by atoms with E-state index in [4.69, 9.17) is 9.97 Å². The highest BCUT2D eigenvalue weighted by atomic mass is 15.0. The van der Waals surface area contributed by atoms with Crippen LogP contribution in [0.25, 0.3) is 100 Å². The van der Waals surface area contributed by atoms with E-state index in [1.807, 2.05) is 25.1 Å². The minimum Gasteiger partial charge on any atom is -0.309 e. The number of aromatic nitrogens is 3. The number of para-hydroxylation sites is 1. The van der Waals surface area contributed by atoms with Gasteiger partial charge in [-0.15, -0.1) is 0 Å². The molecule has 0 N–H and O–H groups in total. The molecule has 0 saturated carbocycles. The van der Waals surface area contributed by atoms with Gasteiger partial charge in [0, 0.05) is 44.3 Å². The van der Waals surface area contributed by atoms with Crippen molar-refractivity contribution in [2.75, 3.05) is 0 Å². The molecular formula is C59H43N3. The van der Waals surface area contributed by atoms with Gasteiger partial charge in [-0.25, -0.2) is 9.97 Å². The van der Waals surface area contributed by atoms with Crippen LogP contribution in [-0.4, -0.2) is 14.5 Å². The maximum Gasteiger partial charge on any atom is 0.160 e. The molecular weight excluding hydrogens is 751 g/mol. The average molecular weight is 794 g/mol. The van der Waals surface area contributed by atoms with Crippen LogP contribution in [0.5, 0.6) is 0 Å². The van der Waals surface area contributed by atoms with Crippen LogP contribution in [0.1, 0.15) is 12.6 Å². The second kappa shape index (κ2) is 16.8. The van der Waals surface area contributed by atoms with Gasteiger partial charge in [-0.05, 0) is 64.6 Å². The standard InChI is InChI=1S/C59H43N3/c1-3-5-24-41(4-2)50-40-51(42-25-11-6-12-26-42)61-59(60-50)47-35-23-36-48(39-47)62-52-38-22-21-37-49(52)57-55(45-31-17-9-18-32-45)53(43-27-13-7-14-28-43)54(44-29-15-8-16-30-44)56(58(57)62)46-33-19-10-20-34-46/h3-40H,1H2,2H3/b24-5-,41-4+. The Morgan fingerprint density at radius 1 is 0.484 bits per heavy atom. The highest BCUT2D eigenvalue weighted by Crippen LogP contribution is 2.54. The fourth-order valence-electron chi connectivity index (χ4n) is 8.82. The first-order chi connectivity index (χ1) is 30.7. The first-order valence-corrected chi connectivity index (χ1v) is 21.1. The lowest BCUT2D eigenvalue weighted by Gasteiger charge is -2.24. The molecule has 0 bridgehead atoms. The van der Waals surface area contributed by atoms with Gasteiger partial charge in [0.1, 0.15) is 0 Å². The predicted octanol–water partition coefficient (Wildman–Crippen LogP) is 15.7. The number of nitrogens with zero attached hydrogens (tertiary/aromatic N) is 3. The fraction of sp³-hybridized carbons (Fsp3) is 0.0169. The summed E-state index contributed by atoms with van der Waals surface area (Å²) in [6.45, 7) is 5.95. The summed E-state index contributed by atoms with van der Waals surface area (Å²) >= 11 is 0. The molecule has 0 fully saturated rings. The Balaban J connectivity index is 1.35. The molecule has 0 atom stereocenters. The van der Waals surface area contributed by atoms with Crippen molar-refractivity contribution in [1.82, 2.24) is 14.5 Å². The lowest BCUT2D eigenvalue weighted by atomic mass is 9.80. The van der Waals surface area contributed by atoms with Gasteiger partial charge >= 0.3 is 0 Å². The molecule has 10 rings (SSSR count). The summed E-state index contributed by atoms with van der Waals surface area (Å²) in [7, 11) is 0. The van der Waals surface area contributed by atoms with Gasteiger partial charge in [0.05, 0.1) is 22.4 Å². The van der Waals surface area contributed by atoms with Gasteiger partial charge in [0.15, 0.2) is 5.82 Å². The Kier molecular flexibility index (Phi) is 10.3. The Bertz CT molecular complexity index is 3270. The second-order valence-electron chi connectivity index (χ2n) is 15.3. The van der Waals surface area contributed by atoms with Gasteiger partial charge in [-0.2, -0.15) is 0 Å². The fourth-order valence-corrected chi connectivity index (χ4v) is 8.82. The molecule has 0 amide bonds. The maximum atomic E-state index is 5.24. The van der Waals surface area contributed by atoms with Crippen molar-refractivity contribution in [2.24, 2.45) is 0 Å².